The molecule has 0 saturated carbocycles. The van der Waals surface area contributed by atoms with E-state index in [-0.39, 0.29) is 6.10 Å². The molecule has 1 saturated heterocycles. The third-order valence-corrected chi connectivity index (χ3v) is 5.33. The Kier molecular flexibility index (Phi) is 3.94. The van der Waals surface area contributed by atoms with Crippen molar-refractivity contribution in [2.24, 2.45) is 0 Å². The summed E-state index contributed by atoms with van der Waals surface area (Å²) in [5.74, 6) is 1.99. The molecule has 5 rings (SSSR count). The number of hydrogen-bond acceptors (Lipinski definition) is 5. The van der Waals surface area contributed by atoms with Crippen LogP contribution in [0.3, 0.4) is 0 Å². The molecule has 0 bridgehead atoms. The minimum atomic E-state index is 0.0200. The molecule has 0 amide bonds. The number of piperazine rings is 1. The van der Waals surface area contributed by atoms with E-state index < -0.39 is 0 Å². The van der Waals surface area contributed by atoms with Gasteiger partial charge < -0.3 is 15.0 Å². The van der Waals surface area contributed by atoms with Crippen molar-refractivity contribution in [3.8, 4) is 5.75 Å². The second-order valence-electron chi connectivity index (χ2n) is 6.95. The Bertz CT molecular complexity index is 931. The van der Waals surface area contributed by atoms with E-state index in [1.807, 2.05) is 30.6 Å². The van der Waals surface area contributed by atoms with Gasteiger partial charge in [-0.15, -0.1) is 0 Å². The number of hydrogen-bond donors (Lipinski definition) is 1. The highest BCUT2D eigenvalue weighted by atomic mass is 16.5. The summed E-state index contributed by atoms with van der Waals surface area (Å²) >= 11 is 0. The molecule has 1 aliphatic carbocycles. The highest BCUT2D eigenvalue weighted by molar-refractivity contribution is 5.87. The quantitative estimate of drug-likeness (QED) is 0.790. The zero-order chi connectivity index (χ0) is 17.3. The van der Waals surface area contributed by atoms with Gasteiger partial charge in [-0.2, -0.15) is 0 Å². The molecule has 2 aromatic heterocycles. The Morgan fingerprint density at radius 3 is 2.92 bits per heavy atom. The van der Waals surface area contributed by atoms with Crippen molar-refractivity contribution in [1.82, 2.24) is 15.3 Å². The second-order valence-corrected chi connectivity index (χ2v) is 6.95. The van der Waals surface area contributed by atoms with Crippen LogP contribution in [0.2, 0.25) is 0 Å². The van der Waals surface area contributed by atoms with Gasteiger partial charge >= 0.3 is 0 Å². The summed E-state index contributed by atoms with van der Waals surface area (Å²) in [6.07, 6.45) is 5.73. The average molecular weight is 346 g/mol. The molecule has 1 N–H and O–H groups in total. The third kappa shape index (κ3) is 2.78. The molecule has 0 unspecified atom stereocenters. The molecule has 3 aromatic rings. The van der Waals surface area contributed by atoms with Gasteiger partial charge in [0.2, 0.25) is 0 Å². The fraction of sp³-hybridized carbons (Fsp3) is 0.333. The van der Waals surface area contributed by atoms with Crippen LogP contribution in [0.4, 0.5) is 5.82 Å². The Morgan fingerprint density at radius 2 is 2.00 bits per heavy atom. The van der Waals surface area contributed by atoms with Crippen LogP contribution >= 0.6 is 0 Å². The Balaban J connectivity index is 1.45. The number of pyridine rings is 2. The van der Waals surface area contributed by atoms with E-state index in [0.29, 0.717) is 0 Å². The molecule has 1 atom stereocenters. The molecule has 5 heteroatoms. The maximum atomic E-state index is 6.44. The number of fused-ring (bicyclic) bond motifs is 2. The van der Waals surface area contributed by atoms with Crippen LogP contribution in [0.5, 0.6) is 5.75 Å². The molecule has 1 fully saturated rings. The van der Waals surface area contributed by atoms with E-state index >= 15 is 0 Å². The summed E-state index contributed by atoms with van der Waals surface area (Å²) in [5.41, 5.74) is 2.42. The highest BCUT2D eigenvalue weighted by Crippen LogP contribution is 2.37. The number of benzene rings is 1. The lowest BCUT2D eigenvalue weighted by Crippen LogP contribution is -2.44. The summed E-state index contributed by atoms with van der Waals surface area (Å²) in [7, 11) is 0. The molecule has 1 aliphatic heterocycles. The maximum absolute atomic E-state index is 6.44. The maximum Gasteiger partial charge on any atom is 0.141 e. The predicted molar refractivity (Wildman–Crippen MR) is 103 cm³/mol. The number of ether oxygens (including phenoxy) is 1. The van der Waals surface area contributed by atoms with Crippen LogP contribution in [0, 0.1) is 0 Å². The molecule has 1 aromatic carbocycles. The molecule has 132 valence electrons. The van der Waals surface area contributed by atoms with Crippen LogP contribution in [-0.2, 0) is 6.42 Å². The number of nitrogens with one attached hydrogen (secondary N) is 1. The van der Waals surface area contributed by atoms with Gasteiger partial charge in [-0.1, -0.05) is 18.2 Å². The van der Waals surface area contributed by atoms with Gasteiger partial charge in [0.25, 0.3) is 0 Å². The zero-order valence-corrected chi connectivity index (χ0v) is 14.7. The largest absolute Gasteiger partial charge is 0.483 e. The van der Waals surface area contributed by atoms with Gasteiger partial charge in [-0.25, -0.2) is 4.98 Å². The SMILES string of the molecule is c1cc(O[C@H]2CCc3ccc(N4CCNCC4)nc32)c2ccncc2c1. The fourth-order valence-corrected chi connectivity index (χ4v) is 3.94. The minimum Gasteiger partial charge on any atom is -0.483 e. The first-order chi connectivity index (χ1) is 12.9. The molecule has 0 spiro atoms. The number of aromatic nitrogens is 2. The van der Waals surface area contributed by atoms with E-state index in [4.69, 9.17) is 9.72 Å². The third-order valence-electron chi connectivity index (χ3n) is 5.33. The van der Waals surface area contributed by atoms with E-state index in [1.165, 1.54) is 5.56 Å². The van der Waals surface area contributed by atoms with Crippen LogP contribution in [0.1, 0.15) is 23.8 Å². The van der Waals surface area contributed by atoms with E-state index in [0.717, 1.165) is 67.1 Å². The van der Waals surface area contributed by atoms with Gasteiger partial charge in [0.05, 0.1) is 5.69 Å². The first-order valence-electron chi connectivity index (χ1n) is 9.33. The molecule has 0 radical (unpaired) electrons. The van der Waals surface area contributed by atoms with Gasteiger partial charge in [0, 0.05) is 49.3 Å². The van der Waals surface area contributed by atoms with Gasteiger partial charge in [-0.3, -0.25) is 4.98 Å². The number of nitrogens with zero attached hydrogens (tertiary/aromatic N) is 3. The van der Waals surface area contributed by atoms with E-state index in [9.17, 15) is 0 Å². The van der Waals surface area contributed by atoms with Crippen molar-refractivity contribution < 1.29 is 4.74 Å². The Labute approximate surface area is 153 Å². The van der Waals surface area contributed by atoms with Crippen molar-refractivity contribution in [2.75, 3.05) is 31.1 Å². The fourth-order valence-electron chi connectivity index (χ4n) is 3.94. The van der Waals surface area contributed by atoms with Gasteiger partial charge in [0.1, 0.15) is 17.7 Å². The first-order valence-corrected chi connectivity index (χ1v) is 9.33. The Morgan fingerprint density at radius 1 is 1.08 bits per heavy atom. The van der Waals surface area contributed by atoms with Crippen LogP contribution in [0.25, 0.3) is 10.8 Å². The van der Waals surface area contributed by atoms with Crippen molar-refractivity contribution in [3.63, 3.8) is 0 Å². The lowest BCUT2D eigenvalue weighted by molar-refractivity contribution is 0.206. The summed E-state index contributed by atoms with van der Waals surface area (Å²) in [6, 6.07) is 12.6. The van der Waals surface area contributed by atoms with E-state index in [1.54, 1.807) is 0 Å². The highest BCUT2D eigenvalue weighted by Gasteiger charge is 2.27. The number of rotatable bonds is 3. The topological polar surface area (TPSA) is 50.3 Å². The lowest BCUT2D eigenvalue weighted by Gasteiger charge is -2.29. The van der Waals surface area contributed by atoms with Crippen molar-refractivity contribution >= 4 is 16.6 Å². The van der Waals surface area contributed by atoms with Crippen molar-refractivity contribution in [1.29, 1.82) is 0 Å². The van der Waals surface area contributed by atoms with Crippen molar-refractivity contribution in [2.45, 2.75) is 18.9 Å². The second kappa shape index (κ2) is 6.57. The monoisotopic (exact) mass is 346 g/mol. The van der Waals surface area contributed by atoms with Crippen LogP contribution in [0.15, 0.2) is 48.8 Å². The summed E-state index contributed by atoms with van der Waals surface area (Å²) in [6.45, 7) is 4.05. The number of anilines is 1. The minimum absolute atomic E-state index is 0.0200. The normalized spacial score (nSPS) is 19.5. The number of aryl methyl sites for hydroxylation is 1. The molecular formula is C21H22N4O. The molecule has 3 heterocycles. The molecular weight excluding hydrogens is 324 g/mol. The summed E-state index contributed by atoms with van der Waals surface area (Å²) in [4.78, 5) is 11.6. The van der Waals surface area contributed by atoms with Gasteiger partial charge in [0.15, 0.2) is 0 Å². The smallest absolute Gasteiger partial charge is 0.141 e. The van der Waals surface area contributed by atoms with Crippen LogP contribution in [-0.4, -0.2) is 36.1 Å². The molecule has 5 nitrogen and oxygen atoms in total. The van der Waals surface area contributed by atoms with Crippen molar-refractivity contribution in [3.05, 3.63) is 60.0 Å². The van der Waals surface area contributed by atoms with E-state index in [2.05, 4.69) is 33.4 Å². The molecule has 26 heavy (non-hydrogen) atoms. The summed E-state index contributed by atoms with van der Waals surface area (Å²) < 4.78 is 6.44. The summed E-state index contributed by atoms with van der Waals surface area (Å²) in [5, 5.41) is 5.60. The molecule has 2 aliphatic rings. The van der Waals surface area contributed by atoms with Gasteiger partial charge in [-0.05, 0) is 36.6 Å². The standard InChI is InChI=1S/C21H22N4O/c1-2-16-14-23-9-8-17(16)18(3-1)26-19-6-4-15-5-7-20(24-21(15)19)25-12-10-22-11-13-25/h1-3,5,7-9,14,19,22H,4,6,10-13H2/t19-/m0/s1. The lowest BCUT2D eigenvalue weighted by atomic mass is 10.1. The zero-order valence-electron chi connectivity index (χ0n) is 14.7. The van der Waals surface area contributed by atoms with Crippen LogP contribution < -0.4 is 15.0 Å². The predicted octanol–water partition coefficient (Wildman–Crippen LogP) is 3.11. The first kappa shape index (κ1) is 15.6. The average Bonchev–Trinajstić information content (AvgIpc) is 3.11. The Hall–Kier alpha value is -2.66.